The molecule has 1 fully saturated rings. The lowest BCUT2D eigenvalue weighted by atomic mass is 10.2. The van der Waals surface area contributed by atoms with Crippen molar-refractivity contribution in [1.29, 1.82) is 0 Å². The number of nitrogens with zero attached hydrogens (tertiary/aromatic N) is 1. The summed E-state index contributed by atoms with van der Waals surface area (Å²) in [4.78, 5) is 25.5. The highest BCUT2D eigenvalue weighted by atomic mass is 35.5. The summed E-state index contributed by atoms with van der Waals surface area (Å²) in [7, 11) is 0. The standard InChI is InChI=1S/C16H19ClF3N3O2/c17-12-4-1-3-11(7-12)8-21-14(24)9-23-6-2-5-13(23)15(25)22-10-16(18,19)20/h1,3-4,7,13H,2,5-6,8-10H2,(H,21,24)(H,22,25). The number of alkyl halides is 3. The van der Waals surface area contributed by atoms with Gasteiger partial charge >= 0.3 is 6.18 Å². The van der Waals surface area contributed by atoms with Gasteiger partial charge in [-0.2, -0.15) is 13.2 Å². The summed E-state index contributed by atoms with van der Waals surface area (Å²) >= 11 is 5.87. The second-order valence-electron chi connectivity index (χ2n) is 5.87. The van der Waals surface area contributed by atoms with Crippen LogP contribution in [0, 0.1) is 0 Å². The van der Waals surface area contributed by atoms with E-state index in [0.29, 0.717) is 24.4 Å². The van der Waals surface area contributed by atoms with Gasteiger partial charge < -0.3 is 10.6 Å². The first-order chi connectivity index (χ1) is 11.7. The molecule has 0 spiro atoms. The van der Waals surface area contributed by atoms with Crippen molar-refractivity contribution in [3.63, 3.8) is 0 Å². The van der Waals surface area contributed by atoms with E-state index in [-0.39, 0.29) is 19.0 Å². The molecule has 1 saturated heterocycles. The zero-order chi connectivity index (χ0) is 18.4. The van der Waals surface area contributed by atoms with Crippen molar-refractivity contribution in [2.24, 2.45) is 0 Å². The molecular weight excluding hydrogens is 359 g/mol. The lowest BCUT2D eigenvalue weighted by Crippen LogP contribution is -2.48. The molecule has 1 aromatic rings. The van der Waals surface area contributed by atoms with Crippen molar-refractivity contribution in [2.75, 3.05) is 19.6 Å². The number of carbonyl (C=O) groups is 2. The summed E-state index contributed by atoms with van der Waals surface area (Å²) in [6.07, 6.45) is -3.36. The molecule has 0 saturated carbocycles. The fraction of sp³-hybridized carbons (Fsp3) is 0.500. The molecule has 0 aliphatic carbocycles. The van der Waals surface area contributed by atoms with E-state index in [9.17, 15) is 22.8 Å². The van der Waals surface area contributed by atoms with Crippen LogP contribution >= 0.6 is 11.6 Å². The number of carbonyl (C=O) groups excluding carboxylic acids is 2. The Bertz CT molecular complexity index is 625. The molecule has 2 rings (SSSR count). The molecule has 2 amide bonds. The van der Waals surface area contributed by atoms with Gasteiger partial charge in [0.15, 0.2) is 0 Å². The molecule has 138 valence electrons. The maximum Gasteiger partial charge on any atom is 0.405 e. The van der Waals surface area contributed by atoms with Crippen LogP contribution in [0.15, 0.2) is 24.3 Å². The quantitative estimate of drug-likeness (QED) is 0.798. The molecule has 0 bridgehead atoms. The second kappa shape index (κ2) is 8.53. The highest BCUT2D eigenvalue weighted by molar-refractivity contribution is 6.30. The summed E-state index contributed by atoms with van der Waals surface area (Å²) < 4.78 is 36.6. The van der Waals surface area contributed by atoms with Gasteiger partial charge in [-0.15, -0.1) is 0 Å². The largest absolute Gasteiger partial charge is 0.405 e. The predicted molar refractivity (Wildman–Crippen MR) is 87.0 cm³/mol. The van der Waals surface area contributed by atoms with Crippen molar-refractivity contribution in [3.8, 4) is 0 Å². The number of benzene rings is 1. The first-order valence-electron chi connectivity index (χ1n) is 7.84. The smallest absolute Gasteiger partial charge is 0.351 e. The van der Waals surface area contributed by atoms with Crippen molar-refractivity contribution >= 4 is 23.4 Å². The summed E-state index contributed by atoms with van der Waals surface area (Å²) in [5, 5.41) is 5.16. The van der Waals surface area contributed by atoms with Gasteiger partial charge in [-0.1, -0.05) is 23.7 Å². The van der Waals surface area contributed by atoms with Crippen LogP contribution in [0.2, 0.25) is 5.02 Å². The highest BCUT2D eigenvalue weighted by Gasteiger charge is 2.34. The van der Waals surface area contributed by atoms with Crippen LogP contribution in [-0.4, -0.2) is 48.6 Å². The van der Waals surface area contributed by atoms with Gasteiger partial charge in [-0.05, 0) is 37.1 Å². The summed E-state index contributed by atoms with van der Waals surface area (Å²) in [5.74, 6) is -0.993. The number of amides is 2. The molecule has 0 aromatic heterocycles. The molecule has 2 N–H and O–H groups in total. The van der Waals surface area contributed by atoms with Crippen LogP contribution in [0.1, 0.15) is 18.4 Å². The second-order valence-corrected chi connectivity index (χ2v) is 6.30. The first-order valence-corrected chi connectivity index (χ1v) is 8.22. The van der Waals surface area contributed by atoms with E-state index in [2.05, 4.69) is 5.32 Å². The van der Waals surface area contributed by atoms with Crippen LogP contribution in [-0.2, 0) is 16.1 Å². The third-order valence-electron chi connectivity index (χ3n) is 3.85. The zero-order valence-corrected chi connectivity index (χ0v) is 14.2. The lowest BCUT2D eigenvalue weighted by molar-refractivity contribution is -0.141. The summed E-state index contributed by atoms with van der Waals surface area (Å²) in [6, 6.07) is 6.33. The monoisotopic (exact) mass is 377 g/mol. The molecule has 25 heavy (non-hydrogen) atoms. The molecule has 9 heteroatoms. The minimum atomic E-state index is -4.45. The number of rotatable bonds is 6. The Balaban J connectivity index is 1.81. The van der Waals surface area contributed by atoms with Crippen LogP contribution in [0.4, 0.5) is 13.2 Å². The van der Waals surface area contributed by atoms with Gasteiger partial charge in [0.05, 0.1) is 12.6 Å². The van der Waals surface area contributed by atoms with E-state index in [1.807, 2.05) is 11.4 Å². The number of likely N-dealkylation sites (tertiary alicyclic amines) is 1. The van der Waals surface area contributed by atoms with Gasteiger partial charge in [0.1, 0.15) is 6.54 Å². The van der Waals surface area contributed by atoms with E-state index in [1.54, 1.807) is 23.1 Å². The Morgan fingerprint density at radius 1 is 1.28 bits per heavy atom. The topological polar surface area (TPSA) is 61.4 Å². The molecule has 1 aromatic carbocycles. The highest BCUT2D eigenvalue weighted by Crippen LogP contribution is 2.18. The maximum atomic E-state index is 12.2. The number of nitrogens with one attached hydrogen (secondary N) is 2. The fourth-order valence-corrected chi connectivity index (χ4v) is 2.92. The van der Waals surface area contributed by atoms with Crippen LogP contribution < -0.4 is 10.6 Å². The van der Waals surface area contributed by atoms with Crippen LogP contribution in [0.3, 0.4) is 0 Å². The molecule has 1 heterocycles. The average Bonchev–Trinajstić information content (AvgIpc) is 2.98. The summed E-state index contributed by atoms with van der Waals surface area (Å²) in [5.41, 5.74) is 0.835. The molecule has 1 aliphatic rings. The van der Waals surface area contributed by atoms with E-state index in [0.717, 1.165) is 5.56 Å². The third kappa shape index (κ3) is 6.55. The van der Waals surface area contributed by atoms with Crippen LogP contribution in [0.5, 0.6) is 0 Å². The normalized spacial score (nSPS) is 18.2. The first kappa shape index (κ1) is 19.5. The Morgan fingerprint density at radius 2 is 2.04 bits per heavy atom. The Kier molecular flexibility index (Phi) is 6.66. The molecule has 1 unspecified atom stereocenters. The van der Waals surface area contributed by atoms with Gasteiger partial charge in [-0.25, -0.2) is 0 Å². The summed E-state index contributed by atoms with van der Waals surface area (Å²) in [6.45, 7) is -0.616. The Hall–Kier alpha value is -1.80. The molecule has 0 radical (unpaired) electrons. The van der Waals surface area contributed by atoms with Gasteiger partial charge in [-0.3, -0.25) is 14.5 Å². The number of hydrogen-bond acceptors (Lipinski definition) is 3. The van der Waals surface area contributed by atoms with Gasteiger partial charge in [0, 0.05) is 11.6 Å². The Morgan fingerprint density at radius 3 is 2.72 bits per heavy atom. The Labute approximate surface area is 148 Å². The molecule has 1 atom stereocenters. The predicted octanol–water partition coefficient (Wildman–Crippen LogP) is 2.10. The van der Waals surface area contributed by atoms with E-state index in [4.69, 9.17) is 11.6 Å². The molecular formula is C16H19ClF3N3O2. The lowest BCUT2D eigenvalue weighted by Gasteiger charge is -2.23. The number of hydrogen-bond donors (Lipinski definition) is 2. The minimum absolute atomic E-state index is 0.0370. The van der Waals surface area contributed by atoms with E-state index in [1.165, 1.54) is 0 Å². The average molecular weight is 378 g/mol. The third-order valence-corrected chi connectivity index (χ3v) is 4.09. The molecule has 5 nitrogen and oxygen atoms in total. The van der Waals surface area contributed by atoms with Crippen molar-refractivity contribution in [2.45, 2.75) is 31.6 Å². The van der Waals surface area contributed by atoms with Crippen molar-refractivity contribution < 1.29 is 22.8 Å². The number of halogens is 4. The van der Waals surface area contributed by atoms with E-state index >= 15 is 0 Å². The maximum absolute atomic E-state index is 12.2. The minimum Gasteiger partial charge on any atom is -0.351 e. The van der Waals surface area contributed by atoms with Gasteiger partial charge in [0.25, 0.3) is 0 Å². The van der Waals surface area contributed by atoms with Crippen molar-refractivity contribution in [1.82, 2.24) is 15.5 Å². The molecule has 1 aliphatic heterocycles. The van der Waals surface area contributed by atoms with Crippen LogP contribution in [0.25, 0.3) is 0 Å². The van der Waals surface area contributed by atoms with Crippen molar-refractivity contribution in [3.05, 3.63) is 34.9 Å². The SMILES string of the molecule is O=C(CN1CCCC1C(=O)NCC(F)(F)F)NCc1cccc(Cl)c1. The van der Waals surface area contributed by atoms with E-state index < -0.39 is 24.7 Å². The van der Waals surface area contributed by atoms with Gasteiger partial charge in [0.2, 0.25) is 11.8 Å². The zero-order valence-electron chi connectivity index (χ0n) is 13.4. The fourth-order valence-electron chi connectivity index (χ4n) is 2.71.